The van der Waals surface area contributed by atoms with E-state index in [-0.39, 0.29) is 30.0 Å². The van der Waals surface area contributed by atoms with E-state index in [1.807, 2.05) is 19.1 Å². The van der Waals surface area contributed by atoms with E-state index in [1.54, 1.807) is 7.11 Å². The number of nitrogens with zero attached hydrogens (tertiary/aromatic N) is 1. The fourth-order valence-electron chi connectivity index (χ4n) is 2.64. The summed E-state index contributed by atoms with van der Waals surface area (Å²) < 4.78 is 16.4. The number of rotatable bonds is 8. The van der Waals surface area contributed by atoms with Gasteiger partial charge in [0.05, 0.1) is 25.9 Å². The summed E-state index contributed by atoms with van der Waals surface area (Å²) in [6, 6.07) is 8.42. The minimum Gasteiger partial charge on any atom is -0.383 e. The quantitative estimate of drug-likeness (QED) is 0.352. The van der Waals surface area contributed by atoms with Crippen molar-refractivity contribution in [2.75, 3.05) is 26.9 Å². The Morgan fingerprint density at radius 3 is 2.80 bits per heavy atom. The number of ether oxygens (including phenoxy) is 3. The summed E-state index contributed by atoms with van der Waals surface area (Å²) in [4.78, 5) is 4.38. The molecule has 1 aliphatic heterocycles. The number of benzene rings is 1. The first-order chi connectivity index (χ1) is 11.7. The van der Waals surface area contributed by atoms with Crippen LogP contribution in [-0.2, 0) is 27.4 Å². The minimum atomic E-state index is 0. The van der Waals surface area contributed by atoms with Gasteiger partial charge in [-0.1, -0.05) is 24.3 Å². The Hall–Kier alpha value is -0.900. The average Bonchev–Trinajstić information content (AvgIpc) is 2.60. The van der Waals surface area contributed by atoms with Gasteiger partial charge in [0.25, 0.3) is 0 Å². The summed E-state index contributed by atoms with van der Waals surface area (Å²) in [5, 5.41) is 3.10. The molecule has 0 amide bonds. The molecule has 3 N–H and O–H groups in total. The normalized spacial score (nSPS) is 17.0. The molecular weight excluding hydrogens is 433 g/mol. The minimum absolute atomic E-state index is 0. The molecule has 25 heavy (non-hydrogen) atoms. The lowest BCUT2D eigenvalue weighted by Gasteiger charge is -2.22. The molecule has 142 valence electrons. The van der Waals surface area contributed by atoms with Crippen LogP contribution >= 0.6 is 24.0 Å². The van der Waals surface area contributed by atoms with Crippen LogP contribution in [0.5, 0.6) is 0 Å². The van der Waals surface area contributed by atoms with Gasteiger partial charge in [-0.2, -0.15) is 0 Å². The van der Waals surface area contributed by atoms with Crippen molar-refractivity contribution in [1.29, 1.82) is 0 Å². The molecule has 0 aliphatic carbocycles. The zero-order valence-electron chi connectivity index (χ0n) is 15.1. The molecule has 1 atom stereocenters. The van der Waals surface area contributed by atoms with E-state index < -0.39 is 0 Å². The molecule has 0 bridgehead atoms. The number of nitrogens with two attached hydrogens (primary N) is 1. The Morgan fingerprint density at radius 2 is 2.08 bits per heavy atom. The van der Waals surface area contributed by atoms with Gasteiger partial charge in [-0.05, 0) is 30.9 Å². The molecule has 1 aliphatic rings. The third kappa shape index (κ3) is 8.84. The number of aliphatic imine (C=N–C) groups is 1. The Bertz CT molecular complexity index is 522. The van der Waals surface area contributed by atoms with Crippen LogP contribution < -0.4 is 11.1 Å². The Balaban J connectivity index is 0.00000312. The largest absolute Gasteiger partial charge is 0.383 e. The summed E-state index contributed by atoms with van der Waals surface area (Å²) in [6.07, 6.45) is 2.26. The van der Waals surface area contributed by atoms with Crippen molar-refractivity contribution in [3.05, 3.63) is 35.4 Å². The first-order valence-corrected chi connectivity index (χ1v) is 8.50. The second kappa shape index (κ2) is 12.5. The van der Waals surface area contributed by atoms with Crippen LogP contribution in [0.15, 0.2) is 29.3 Å². The maximum Gasteiger partial charge on any atom is 0.189 e. The molecule has 0 aromatic heterocycles. The lowest BCUT2D eigenvalue weighted by molar-refractivity contribution is -0.0390. The Kier molecular flexibility index (Phi) is 11.0. The highest BCUT2D eigenvalue weighted by atomic mass is 127. The molecule has 1 unspecified atom stereocenters. The smallest absolute Gasteiger partial charge is 0.189 e. The molecule has 7 heteroatoms. The molecule has 1 fully saturated rings. The van der Waals surface area contributed by atoms with Crippen LogP contribution in [0.4, 0.5) is 0 Å². The lowest BCUT2D eigenvalue weighted by Crippen LogP contribution is -2.40. The van der Waals surface area contributed by atoms with Crippen molar-refractivity contribution in [1.82, 2.24) is 5.32 Å². The highest BCUT2D eigenvalue weighted by molar-refractivity contribution is 14.0. The predicted octanol–water partition coefficient (Wildman–Crippen LogP) is 2.44. The van der Waals surface area contributed by atoms with Gasteiger partial charge in [0.1, 0.15) is 0 Å². The number of hydrogen-bond acceptors (Lipinski definition) is 4. The summed E-state index contributed by atoms with van der Waals surface area (Å²) in [5.41, 5.74) is 8.17. The fourth-order valence-corrected chi connectivity index (χ4v) is 2.64. The molecule has 2 rings (SSSR count). The van der Waals surface area contributed by atoms with Gasteiger partial charge in [0.15, 0.2) is 5.96 Å². The van der Waals surface area contributed by atoms with Gasteiger partial charge in [0, 0.05) is 26.4 Å². The summed E-state index contributed by atoms with van der Waals surface area (Å²) in [7, 11) is 1.67. The first kappa shape index (κ1) is 22.1. The number of nitrogens with one attached hydrogen (secondary N) is 1. The lowest BCUT2D eigenvalue weighted by atomic mass is 10.1. The van der Waals surface area contributed by atoms with E-state index in [1.165, 1.54) is 0 Å². The average molecular weight is 463 g/mol. The predicted molar refractivity (Wildman–Crippen MR) is 110 cm³/mol. The summed E-state index contributed by atoms with van der Waals surface area (Å²) in [5.74, 6) is 0.434. The van der Waals surface area contributed by atoms with E-state index in [0.29, 0.717) is 31.8 Å². The summed E-state index contributed by atoms with van der Waals surface area (Å²) >= 11 is 0. The maximum atomic E-state index is 5.96. The molecular formula is C18H30IN3O3. The second-order valence-corrected chi connectivity index (χ2v) is 6.14. The standard InChI is InChI=1S/C18H29N3O3.HI/c1-14(12-22-2)21-18(19)20-11-15-4-3-5-16(10-15)13-24-17-6-8-23-9-7-17;/h3-5,10,14,17H,6-9,11-13H2,1-2H3,(H3,19,20,21);1H. The van der Waals surface area contributed by atoms with Crippen LogP contribution in [0.1, 0.15) is 30.9 Å². The zero-order valence-corrected chi connectivity index (χ0v) is 17.4. The third-order valence-electron chi connectivity index (χ3n) is 3.89. The van der Waals surface area contributed by atoms with Gasteiger partial charge < -0.3 is 25.3 Å². The number of methoxy groups -OCH3 is 1. The molecule has 1 aromatic carbocycles. The van der Waals surface area contributed by atoms with Gasteiger partial charge in [-0.3, -0.25) is 0 Å². The Morgan fingerprint density at radius 1 is 1.36 bits per heavy atom. The van der Waals surface area contributed by atoms with E-state index in [9.17, 15) is 0 Å². The fraction of sp³-hybridized carbons (Fsp3) is 0.611. The summed E-state index contributed by atoms with van der Waals surface area (Å²) in [6.45, 7) is 5.36. The SMILES string of the molecule is COCC(C)NC(N)=NCc1cccc(COC2CCOCC2)c1.I. The highest BCUT2D eigenvalue weighted by Gasteiger charge is 2.14. The second-order valence-electron chi connectivity index (χ2n) is 6.14. The van der Waals surface area contributed by atoms with Crippen molar-refractivity contribution in [3.8, 4) is 0 Å². The van der Waals surface area contributed by atoms with E-state index >= 15 is 0 Å². The Labute approximate surface area is 167 Å². The molecule has 1 heterocycles. The van der Waals surface area contributed by atoms with E-state index in [0.717, 1.165) is 37.2 Å². The van der Waals surface area contributed by atoms with Crippen LogP contribution in [0.2, 0.25) is 0 Å². The van der Waals surface area contributed by atoms with Crippen molar-refractivity contribution in [3.63, 3.8) is 0 Å². The van der Waals surface area contributed by atoms with Crippen molar-refractivity contribution in [2.24, 2.45) is 10.7 Å². The number of guanidine groups is 1. The van der Waals surface area contributed by atoms with Crippen molar-refractivity contribution >= 4 is 29.9 Å². The highest BCUT2D eigenvalue weighted by Crippen LogP contribution is 2.14. The van der Waals surface area contributed by atoms with E-state index in [2.05, 4.69) is 22.4 Å². The molecule has 0 spiro atoms. The number of hydrogen-bond donors (Lipinski definition) is 2. The molecule has 6 nitrogen and oxygen atoms in total. The topological polar surface area (TPSA) is 78.1 Å². The van der Waals surface area contributed by atoms with Crippen LogP contribution in [0.3, 0.4) is 0 Å². The van der Waals surface area contributed by atoms with Gasteiger partial charge in [-0.25, -0.2) is 4.99 Å². The van der Waals surface area contributed by atoms with Crippen LogP contribution in [-0.4, -0.2) is 45.0 Å². The van der Waals surface area contributed by atoms with Crippen molar-refractivity contribution in [2.45, 2.75) is 45.1 Å². The molecule has 0 radical (unpaired) electrons. The third-order valence-corrected chi connectivity index (χ3v) is 3.89. The van der Waals surface area contributed by atoms with Gasteiger partial charge in [-0.15, -0.1) is 24.0 Å². The van der Waals surface area contributed by atoms with Crippen molar-refractivity contribution < 1.29 is 14.2 Å². The van der Waals surface area contributed by atoms with Gasteiger partial charge >= 0.3 is 0 Å². The van der Waals surface area contributed by atoms with Gasteiger partial charge in [0.2, 0.25) is 0 Å². The first-order valence-electron chi connectivity index (χ1n) is 8.50. The molecule has 0 saturated carbocycles. The van der Waals surface area contributed by atoms with E-state index in [4.69, 9.17) is 19.9 Å². The number of halogens is 1. The molecule has 1 saturated heterocycles. The zero-order chi connectivity index (χ0) is 17.2. The van der Waals surface area contributed by atoms with Crippen LogP contribution in [0.25, 0.3) is 0 Å². The van der Waals surface area contributed by atoms with Crippen LogP contribution in [0, 0.1) is 0 Å². The maximum absolute atomic E-state index is 5.96. The monoisotopic (exact) mass is 463 g/mol. The molecule has 1 aromatic rings.